The Kier molecular flexibility index (Phi) is 4.89. The van der Waals surface area contributed by atoms with Crippen LogP contribution in [0.25, 0.3) is 0 Å². The first kappa shape index (κ1) is 14.5. The van der Waals surface area contributed by atoms with E-state index in [-0.39, 0.29) is 6.03 Å². The number of nitriles is 1. The zero-order chi connectivity index (χ0) is 15.1. The molecule has 5 nitrogen and oxygen atoms in total. The molecule has 0 aliphatic heterocycles. The van der Waals surface area contributed by atoms with E-state index in [9.17, 15) is 4.79 Å². The van der Waals surface area contributed by atoms with Crippen LogP contribution in [0.1, 0.15) is 11.1 Å². The van der Waals surface area contributed by atoms with E-state index in [4.69, 9.17) is 5.26 Å². The molecule has 5 heteroatoms. The molecule has 0 radical (unpaired) electrons. The number of hydrogen-bond acceptors (Lipinski definition) is 3. The highest BCUT2D eigenvalue weighted by Crippen LogP contribution is 2.09. The molecule has 2 rings (SSSR count). The fraction of sp³-hybridized carbons (Fsp3) is 0.188. The summed E-state index contributed by atoms with van der Waals surface area (Å²) in [6.07, 6.45) is 4.26. The largest absolute Gasteiger partial charge is 0.327 e. The van der Waals surface area contributed by atoms with Gasteiger partial charge in [0.25, 0.3) is 0 Å². The lowest BCUT2D eigenvalue weighted by atomic mass is 10.2. The van der Waals surface area contributed by atoms with E-state index >= 15 is 0 Å². The van der Waals surface area contributed by atoms with Crippen LogP contribution >= 0.6 is 0 Å². The number of pyridine rings is 1. The second kappa shape index (κ2) is 7.06. The Hall–Kier alpha value is -2.87. The zero-order valence-corrected chi connectivity index (χ0v) is 11.8. The number of carbonyl (C=O) groups excluding carboxylic acids is 1. The first-order valence-corrected chi connectivity index (χ1v) is 6.60. The Morgan fingerprint density at radius 2 is 1.90 bits per heavy atom. The minimum Gasteiger partial charge on any atom is -0.327 e. The average Bonchev–Trinajstić information content (AvgIpc) is 2.54. The first-order valence-electron chi connectivity index (χ1n) is 6.60. The molecule has 21 heavy (non-hydrogen) atoms. The number of benzene rings is 1. The van der Waals surface area contributed by atoms with Gasteiger partial charge < -0.3 is 10.2 Å². The maximum Gasteiger partial charge on any atom is 0.321 e. The van der Waals surface area contributed by atoms with Crippen LogP contribution in [0.4, 0.5) is 10.5 Å². The number of aromatic nitrogens is 1. The lowest BCUT2D eigenvalue weighted by molar-refractivity contribution is 0.223. The topological polar surface area (TPSA) is 69.0 Å². The van der Waals surface area contributed by atoms with E-state index in [0.29, 0.717) is 17.8 Å². The number of rotatable bonds is 4. The number of hydrogen-bond donors (Lipinski definition) is 1. The molecule has 1 N–H and O–H groups in total. The third-order valence-corrected chi connectivity index (χ3v) is 3.10. The molecule has 1 aromatic carbocycles. The lowest BCUT2D eigenvalue weighted by Gasteiger charge is -2.18. The van der Waals surface area contributed by atoms with Crippen molar-refractivity contribution in [3.05, 3.63) is 59.9 Å². The molecule has 1 aromatic heterocycles. The molecule has 0 fully saturated rings. The second-order valence-corrected chi connectivity index (χ2v) is 4.65. The van der Waals surface area contributed by atoms with Crippen molar-refractivity contribution in [1.82, 2.24) is 9.88 Å². The summed E-state index contributed by atoms with van der Waals surface area (Å²) < 4.78 is 0. The number of likely N-dealkylation sites (N-methyl/N-ethyl adjacent to an activating group) is 1. The molecule has 2 amide bonds. The van der Waals surface area contributed by atoms with Crippen molar-refractivity contribution in [2.75, 3.05) is 18.9 Å². The summed E-state index contributed by atoms with van der Waals surface area (Å²) in [5.41, 5.74) is 2.39. The van der Waals surface area contributed by atoms with Gasteiger partial charge in [-0.15, -0.1) is 0 Å². The van der Waals surface area contributed by atoms with Crippen molar-refractivity contribution in [2.24, 2.45) is 0 Å². The molecule has 0 spiro atoms. The van der Waals surface area contributed by atoms with Crippen molar-refractivity contribution < 1.29 is 4.79 Å². The predicted molar refractivity (Wildman–Crippen MR) is 80.7 cm³/mol. The summed E-state index contributed by atoms with van der Waals surface area (Å²) in [4.78, 5) is 17.6. The van der Waals surface area contributed by atoms with Gasteiger partial charge in [-0.1, -0.05) is 0 Å². The van der Waals surface area contributed by atoms with Crippen molar-refractivity contribution in [3.8, 4) is 6.07 Å². The number of nitrogens with zero attached hydrogens (tertiary/aromatic N) is 3. The third kappa shape index (κ3) is 4.32. The van der Waals surface area contributed by atoms with Crippen molar-refractivity contribution in [2.45, 2.75) is 6.42 Å². The Morgan fingerprint density at radius 3 is 2.52 bits per heavy atom. The fourth-order valence-electron chi connectivity index (χ4n) is 1.79. The number of amides is 2. The van der Waals surface area contributed by atoms with Crippen LogP contribution in [0.15, 0.2) is 48.8 Å². The highest BCUT2D eigenvalue weighted by atomic mass is 16.2. The van der Waals surface area contributed by atoms with E-state index in [1.807, 2.05) is 18.2 Å². The van der Waals surface area contributed by atoms with Crippen molar-refractivity contribution in [1.29, 1.82) is 5.26 Å². The van der Waals surface area contributed by atoms with Gasteiger partial charge >= 0.3 is 6.03 Å². The maximum absolute atomic E-state index is 12.0. The molecule has 0 bridgehead atoms. The van der Waals surface area contributed by atoms with Crippen LogP contribution in [-0.2, 0) is 6.42 Å². The Balaban J connectivity index is 1.86. The minimum atomic E-state index is -0.172. The normalized spacial score (nSPS) is 9.71. The van der Waals surface area contributed by atoms with Gasteiger partial charge in [-0.2, -0.15) is 5.26 Å². The Bertz CT molecular complexity index is 632. The van der Waals surface area contributed by atoms with E-state index in [2.05, 4.69) is 10.3 Å². The van der Waals surface area contributed by atoms with Gasteiger partial charge in [0, 0.05) is 31.7 Å². The molecule has 0 unspecified atom stereocenters. The van der Waals surface area contributed by atoms with Crippen molar-refractivity contribution in [3.63, 3.8) is 0 Å². The summed E-state index contributed by atoms with van der Waals surface area (Å²) in [6, 6.07) is 12.5. The Labute approximate surface area is 123 Å². The fourth-order valence-corrected chi connectivity index (χ4v) is 1.79. The molecule has 0 aliphatic carbocycles. The molecule has 1 heterocycles. The second-order valence-electron chi connectivity index (χ2n) is 4.65. The zero-order valence-electron chi connectivity index (χ0n) is 11.8. The monoisotopic (exact) mass is 280 g/mol. The molecule has 0 aliphatic rings. The average molecular weight is 280 g/mol. The smallest absolute Gasteiger partial charge is 0.321 e. The van der Waals surface area contributed by atoms with Gasteiger partial charge in [0.05, 0.1) is 11.6 Å². The maximum atomic E-state index is 12.0. The minimum absolute atomic E-state index is 0.172. The van der Waals surface area contributed by atoms with Crippen LogP contribution in [-0.4, -0.2) is 29.5 Å². The van der Waals surface area contributed by atoms with Crippen LogP contribution in [0.5, 0.6) is 0 Å². The summed E-state index contributed by atoms with van der Waals surface area (Å²) in [7, 11) is 1.75. The third-order valence-electron chi connectivity index (χ3n) is 3.10. The molecule has 0 atom stereocenters. The van der Waals surface area contributed by atoms with Gasteiger partial charge in [-0.25, -0.2) is 4.79 Å². The SMILES string of the molecule is CN(CCc1ccncc1)C(=O)Nc1ccc(C#N)cc1. The predicted octanol–water partition coefficient (Wildman–Crippen LogP) is 2.66. The first-order chi connectivity index (χ1) is 10.2. The summed E-state index contributed by atoms with van der Waals surface area (Å²) >= 11 is 0. The summed E-state index contributed by atoms with van der Waals surface area (Å²) in [6.45, 7) is 0.617. The van der Waals surface area contributed by atoms with Crippen LogP contribution < -0.4 is 5.32 Å². The van der Waals surface area contributed by atoms with E-state index < -0.39 is 0 Å². The molecular weight excluding hydrogens is 264 g/mol. The molecule has 2 aromatic rings. The molecule has 106 valence electrons. The van der Waals surface area contributed by atoms with Crippen LogP contribution in [0, 0.1) is 11.3 Å². The van der Waals surface area contributed by atoms with E-state index in [1.54, 1.807) is 48.6 Å². The molecule has 0 saturated heterocycles. The summed E-state index contributed by atoms with van der Waals surface area (Å²) in [5.74, 6) is 0. The molecule has 0 saturated carbocycles. The number of anilines is 1. The van der Waals surface area contributed by atoms with Gasteiger partial charge in [0.15, 0.2) is 0 Å². The highest BCUT2D eigenvalue weighted by Gasteiger charge is 2.08. The number of urea groups is 1. The standard InChI is InChI=1S/C16H16N4O/c1-20(11-8-13-6-9-18-10-7-13)16(21)19-15-4-2-14(12-17)3-5-15/h2-7,9-10H,8,11H2,1H3,(H,19,21). The van der Waals surface area contributed by atoms with Gasteiger partial charge in [0.2, 0.25) is 0 Å². The van der Waals surface area contributed by atoms with Crippen LogP contribution in [0.3, 0.4) is 0 Å². The number of nitrogens with one attached hydrogen (secondary N) is 1. The number of carbonyl (C=O) groups is 1. The van der Waals surface area contributed by atoms with E-state index in [0.717, 1.165) is 12.0 Å². The van der Waals surface area contributed by atoms with Gasteiger partial charge in [0.1, 0.15) is 0 Å². The van der Waals surface area contributed by atoms with E-state index in [1.165, 1.54) is 0 Å². The quantitative estimate of drug-likeness (QED) is 0.936. The van der Waals surface area contributed by atoms with Gasteiger partial charge in [-0.05, 0) is 48.4 Å². The highest BCUT2D eigenvalue weighted by molar-refractivity contribution is 5.89. The lowest BCUT2D eigenvalue weighted by Crippen LogP contribution is -2.32. The van der Waals surface area contributed by atoms with Crippen molar-refractivity contribution >= 4 is 11.7 Å². The Morgan fingerprint density at radius 1 is 1.24 bits per heavy atom. The molecular formula is C16H16N4O. The van der Waals surface area contributed by atoms with Crippen LogP contribution in [0.2, 0.25) is 0 Å². The van der Waals surface area contributed by atoms with Gasteiger partial charge in [-0.3, -0.25) is 4.98 Å². The summed E-state index contributed by atoms with van der Waals surface area (Å²) in [5, 5.41) is 11.5.